The van der Waals surface area contributed by atoms with E-state index in [2.05, 4.69) is 15.3 Å². The number of carbonyl (C=O) groups excluding carboxylic acids is 1. The van der Waals surface area contributed by atoms with E-state index in [0.717, 1.165) is 16.7 Å². The fraction of sp³-hybridized carbons (Fsp3) is 0.150. The molecule has 0 radical (unpaired) electrons. The van der Waals surface area contributed by atoms with Gasteiger partial charge < -0.3 is 5.32 Å². The molecule has 1 heterocycles. The highest BCUT2D eigenvalue weighted by Gasteiger charge is 2.16. The molecule has 120 valence electrons. The fourth-order valence-electron chi connectivity index (χ4n) is 2.60. The van der Waals surface area contributed by atoms with Crippen molar-refractivity contribution in [1.82, 2.24) is 15.3 Å². The van der Waals surface area contributed by atoms with E-state index in [-0.39, 0.29) is 11.9 Å². The molecule has 0 unspecified atom stereocenters. The zero-order valence-corrected chi connectivity index (χ0v) is 13.3. The van der Waals surface area contributed by atoms with Crippen molar-refractivity contribution in [2.75, 3.05) is 0 Å². The van der Waals surface area contributed by atoms with Crippen LogP contribution in [-0.2, 0) is 11.2 Å². The normalized spacial score (nSPS) is 10.5. The molecule has 0 aliphatic carbocycles. The number of aryl methyl sites for hydroxylation is 1. The van der Waals surface area contributed by atoms with Gasteiger partial charge in [-0.05, 0) is 23.1 Å². The van der Waals surface area contributed by atoms with Gasteiger partial charge in [-0.2, -0.15) is 0 Å². The van der Waals surface area contributed by atoms with E-state index in [4.69, 9.17) is 0 Å². The Hall–Kier alpha value is -3.01. The van der Waals surface area contributed by atoms with Gasteiger partial charge in [0.25, 0.3) is 0 Å². The molecule has 0 aliphatic rings. The number of rotatable bonds is 6. The standard InChI is InChI=1S/C20H19N3O/c24-19(12-11-16-13-21-15-22-14-16)23-20(17-7-3-1-4-8-17)18-9-5-2-6-10-18/h1-10,13-15,20H,11-12H2,(H,23,24). The van der Waals surface area contributed by atoms with Gasteiger partial charge in [-0.1, -0.05) is 60.7 Å². The molecule has 0 fully saturated rings. The van der Waals surface area contributed by atoms with Crippen LogP contribution in [0.15, 0.2) is 79.4 Å². The Balaban J connectivity index is 1.71. The van der Waals surface area contributed by atoms with Crippen molar-refractivity contribution in [3.63, 3.8) is 0 Å². The predicted molar refractivity (Wildman–Crippen MR) is 93.2 cm³/mol. The Morgan fingerprint density at radius 3 is 1.96 bits per heavy atom. The molecular weight excluding hydrogens is 298 g/mol. The Labute approximate surface area is 141 Å². The first-order valence-electron chi connectivity index (χ1n) is 7.96. The van der Waals surface area contributed by atoms with E-state index in [1.807, 2.05) is 60.7 Å². The van der Waals surface area contributed by atoms with Crippen LogP contribution in [0.1, 0.15) is 29.2 Å². The van der Waals surface area contributed by atoms with E-state index in [1.54, 1.807) is 12.4 Å². The Morgan fingerprint density at radius 2 is 1.42 bits per heavy atom. The van der Waals surface area contributed by atoms with Gasteiger partial charge in [0.05, 0.1) is 6.04 Å². The maximum Gasteiger partial charge on any atom is 0.221 e. The van der Waals surface area contributed by atoms with Gasteiger partial charge in [-0.3, -0.25) is 4.79 Å². The largest absolute Gasteiger partial charge is 0.345 e. The number of aromatic nitrogens is 2. The molecule has 3 rings (SSSR count). The van der Waals surface area contributed by atoms with E-state index in [0.29, 0.717) is 12.8 Å². The van der Waals surface area contributed by atoms with Crippen molar-refractivity contribution < 1.29 is 4.79 Å². The molecule has 3 aromatic rings. The molecule has 0 saturated heterocycles. The van der Waals surface area contributed by atoms with E-state index < -0.39 is 0 Å². The van der Waals surface area contributed by atoms with Crippen LogP contribution in [0, 0.1) is 0 Å². The summed E-state index contributed by atoms with van der Waals surface area (Å²) in [4.78, 5) is 20.4. The fourth-order valence-corrected chi connectivity index (χ4v) is 2.60. The second kappa shape index (κ2) is 8.02. The van der Waals surface area contributed by atoms with Crippen molar-refractivity contribution in [2.45, 2.75) is 18.9 Å². The topological polar surface area (TPSA) is 54.9 Å². The van der Waals surface area contributed by atoms with Crippen molar-refractivity contribution >= 4 is 5.91 Å². The first-order chi connectivity index (χ1) is 11.8. The average Bonchev–Trinajstić information content (AvgIpc) is 2.67. The minimum Gasteiger partial charge on any atom is -0.345 e. The van der Waals surface area contributed by atoms with E-state index in [1.165, 1.54) is 6.33 Å². The maximum absolute atomic E-state index is 12.4. The van der Waals surface area contributed by atoms with Gasteiger partial charge >= 0.3 is 0 Å². The molecule has 0 saturated carbocycles. The van der Waals surface area contributed by atoms with Gasteiger partial charge in [-0.25, -0.2) is 9.97 Å². The molecule has 24 heavy (non-hydrogen) atoms. The number of hydrogen-bond acceptors (Lipinski definition) is 3. The Morgan fingerprint density at radius 1 is 0.875 bits per heavy atom. The minimum absolute atomic E-state index is 0.0107. The van der Waals surface area contributed by atoms with E-state index in [9.17, 15) is 4.79 Å². The molecule has 4 heteroatoms. The second-order valence-corrected chi connectivity index (χ2v) is 5.57. The number of benzene rings is 2. The van der Waals surface area contributed by atoms with Gasteiger partial charge in [0.1, 0.15) is 6.33 Å². The molecule has 0 bridgehead atoms. The van der Waals surface area contributed by atoms with Gasteiger partial charge in [0.2, 0.25) is 5.91 Å². The summed E-state index contributed by atoms with van der Waals surface area (Å²) in [5.41, 5.74) is 3.10. The summed E-state index contributed by atoms with van der Waals surface area (Å²) in [7, 11) is 0. The number of nitrogens with zero attached hydrogens (tertiary/aromatic N) is 2. The number of amides is 1. The molecule has 4 nitrogen and oxygen atoms in total. The lowest BCUT2D eigenvalue weighted by Crippen LogP contribution is -2.29. The third-order valence-corrected chi connectivity index (χ3v) is 3.83. The van der Waals surface area contributed by atoms with Gasteiger partial charge in [-0.15, -0.1) is 0 Å². The maximum atomic E-state index is 12.4. The van der Waals surface area contributed by atoms with Gasteiger partial charge in [0, 0.05) is 18.8 Å². The second-order valence-electron chi connectivity index (χ2n) is 5.57. The van der Waals surface area contributed by atoms with Crippen LogP contribution in [0.25, 0.3) is 0 Å². The van der Waals surface area contributed by atoms with Crippen molar-refractivity contribution in [2.24, 2.45) is 0 Å². The third-order valence-electron chi connectivity index (χ3n) is 3.83. The molecule has 2 aromatic carbocycles. The molecule has 0 aliphatic heterocycles. The Kier molecular flexibility index (Phi) is 5.30. The smallest absolute Gasteiger partial charge is 0.221 e. The lowest BCUT2D eigenvalue weighted by molar-refractivity contribution is -0.121. The van der Waals surface area contributed by atoms with Crippen LogP contribution in [0.2, 0.25) is 0 Å². The molecule has 1 amide bonds. The first kappa shape index (κ1) is 15.9. The molecule has 0 atom stereocenters. The number of nitrogens with one attached hydrogen (secondary N) is 1. The van der Waals surface area contributed by atoms with Crippen LogP contribution in [0.3, 0.4) is 0 Å². The monoisotopic (exact) mass is 317 g/mol. The average molecular weight is 317 g/mol. The molecule has 1 N–H and O–H groups in total. The molecular formula is C20H19N3O. The summed E-state index contributed by atoms with van der Waals surface area (Å²) in [6.45, 7) is 0. The summed E-state index contributed by atoms with van der Waals surface area (Å²) in [6.07, 6.45) is 6.01. The lowest BCUT2D eigenvalue weighted by atomic mass is 9.98. The quantitative estimate of drug-likeness (QED) is 0.759. The zero-order valence-electron chi connectivity index (χ0n) is 13.3. The van der Waals surface area contributed by atoms with Gasteiger partial charge in [0.15, 0.2) is 0 Å². The number of hydrogen-bond donors (Lipinski definition) is 1. The lowest BCUT2D eigenvalue weighted by Gasteiger charge is -2.20. The third kappa shape index (κ3) is 4.26. The van der Waals surface area contributed by atoms with Crippen LogP contribution >= 0.6 is 0 Å². The Bertz CT molecular complexity index is 721. The number of carbonyl (C=O) groups is 1. The highest BCUT2D eigenvalue weighted by Crippen LogP contribution is 2.21. The van der Waals surface area contributed by atoms with E-state index >= 15 is 0 Å². The highest BCUT2D eigenvalue weighted by atomic mass is 16.1. The predicted octanol–water partition coefficient (Wildman–Crippen LogP) is 3.32. The van der Waals surface area contributed by atoms with Crippen LogP contribution in [0.4, 0.5) is 0 Å². The van der Waals surface area contributed by atoms with Crippen molar-refractivity contribution in [3.8, 4) is 0 Å². The highest BCUT2D eigenvalue weighted by molar-refractivity contribution is 5.77. The summed E-state index contributed by atoms with van der Waals surface area (Å²) in [5.74, 6) is 0.0107. The summed E-state index contributed by atoms with van der Waals surface area (Å²) >= 11 is 0. The van der Waals surface area contributed by atoms with Crippen LogP contribution in [-0.4, -0.2) is 15.9 Å². The summed E-state index contributed by atoms with van der Waals surface area (Å²) in [5, 5.41) is 3.14. The van der Waals surface area contributed by atoms with Crippen LogP contribution < -0.4 is 5.32 Å². The zero-order chi connectivity index (χ0) is 16.6. The van der Waals surface area contributed by atoms with Crippen LogP contribution in [0.5, 0.6) is 0 Å². The SMILES string of the molecule is O=C(CCc1cncnc1)NC(c1ccccc1)c1ccccc1. The summed E-state index contributed by atoms with van der Waals surface area (Å²) in [6, 6.07) is 19.9. The van der Waals surface area contributed by atoms with Crippen molar-refractivity contribution in [1.29, 1.82) is 0 Å². The molecule has 0 spiro atoms. The minimum atomic E-state index is -0.146. The molecule has 1 aromatic heterocycles. The van der Waals surface area contributed by atoms with Crippen molar-refractivity contribution in [3.05, 3.63) is 96.1 Å². The summed E-state index contributed by atoms with van der Waals surface area (Å²) < 4.78 is 0. The first-order valence-corrected chi connectivity index (χ1v) is 7.96.